The van der Waals surface area contributed by atoms with E-state index in [4.69, 9.17) is 16.3 Å². The van der Waals surface area contributed by atoms with Crippen molar-refractivity contribution in [2.75, 3.05) is 6.61 Å². The molecule has 4 rings (SSSR count). The Morgan fingerprint density at radius 2 is 2.18 bits per heavy atom. The highest BCUT2D eigenvalue weighted by atomic mass is 35.5. The first-order chi connectivity index (χ1) is 15.6. The van der Waals surface area contributed by atoms with Gasteiger partial charge in [0.15, 0.2) is 6.10 Å². The Kier molecular flexibility index (Phi) is 6.69. The van der Waals surface area contributed by atoms with Gasteiger partial charge in [-0.3, -0.25) is 14.2 Å². The van der Waals surface area contributed by atoms with Crippen LogP contribution in [0.25, 0.3) is 0 Å². The van der Waals surface area contributed by atoms with Crippen LogP contribution in [0.15, 0.2) is 42.9 Å². The van der Waals surface area contributed by atoms with Crippen LogP contribution >= 0.6 is 11.6 Å². The third kappa shape index (κ3) is 6.07. The molecule has 1 fully saturated rings. The van der Waals surface area contributed by atoms with E-state index in [1.54, 1.807) is 35.3 Å². The predicted octanol–water partition coefficient (Wildman–Crippen LogP) is 4.08. The normalized spacial score (nSPS) is 24.0. The van der Waals surface area contributed by atoms with E-state index in [1.165, 1.54) is 0 Å². The number of nitrogens with one attached hydrogen (secondary N) is 1. The fourth-order valence-corrected chi connectivity index (χ4v) is 4.06. The van der Waals surface area contributed by atoms with Crippen molar-refractivity contribution in [3.05, 3.63) is 59.0 Å². The molecule has 1 aliphatic heterocycles. The second-order valence-corrected chi connectivity index (χ2v) is 8.72. The lowest BCUT2D eigenvalue weighted by atomic mass is 9.98. The minimum Gasteiger partial charge on any atom is -0.480 e. The summed E-state index contributed by atoms with van der Waals surface area (Å²) in [5.74, 6) is -0.152. The number of carbonyl (C=O) groups is 1. The van der Waals surface area contributed by atoms with E-state index in [9.17, 15) is 23.1 Å². The Morgan fingerprint density at radius 3 is 2.94 bits per heavy atom. The molecular formula is C22H23ClF3N3O4. The molecule has 178 valence electrons. The number of fused-ring (bicyclic) bond motifs is 1. The van der Waals surface area contributed by atoms with Gasteiger partial charge in [-0.15, -0.1) is 13.2 Å². The molecule has 0 unspecified atom stereocenters. The van der Waals surface area contributed by atoms with Crippen molar-refractivity contribution < 1.29 is 32.5 Å². The molecule has 2 aromatic rings. The summed E-state index contributed by atoms with van der Waals surface area (Å²) in [4.78, 5) is 12.6. The highest BCUT2D eigenvalue weighted by Gasteiger charge is 2.42. The lowest BCUT2D eigenvalue weighted by Crippen LogP contribution is -2.41. The molecule has 2 N–H and O–H groups in total. The van der Waals surface area contributed by atoms with Gasteiger partial charge in [-0.25, -0.2) is 0 Å². The molecular weight excluding hydrogens is 463 g/mol. The smallest absolute Gasteiger partial charge is 0.480 e. The van der Waals surface area contributed by atoms with E-state index >= 15 is 0 Å². The standard InChI is InChI=1S/C22H23ClF3N3O4/c1-12(28-21(31)20-8-18(30)17-7-15(23)2-3-19(17)33-20)4-5-29-10-14(9-27-29)16-6-13(16)11-32-22(24,25)26/h2-3,7,9-10,13,16,18,20,30H,1,4-6,8,11H2,(H,28,31)/t13-,16+,18-,20-/m1/s1. The third-order valence-corrected chi connectivity index (χ3v) is 5.97. The summed E-state index contributed by atoms with van der Waals surface area (Å²) < 4.78 is 47.7. The number of aliphatic hydroxyl groups excluding tert-OH is 1. The Hall–Kier alpha value is -2.56. The molecule has 4 atom stereocenters. The number of allylic oxidation sites excluding steroid dienone is 1. The Balaban J connectivity index is 1.23. The summed E-state index contributed by atoms with van der Waals surface area (Å²) in [7, 11) is 0. The van der Waals surface area contributed by atoms with E-state index in [0.29, 0.717) is 41.4 Å². The number of halogens is 4. The first kappa shape index (κ1) is 23.6. The van der Waals surface area contributed by atoms with E-state index in [-0.39, 0.29) is 24.9 Å². The predicted molar refractivity (Wildman–Crippen MR) is 112 cm³/mol. The van der Waals surface area contributed by atoms with Gasteiger partial charge < -0.3 is 15.2 Å². The van der Waals surface area contributed by atoms with Gasteiger partial charge in [-0.2, -0.15) is 5.10 Å². The SMILES string of the molecule is C=C(CCn1cc([C@H]2C[C@@H]2COC(F)(F)F)cn1)NC(=O)[C@H]1C[C@@H](O)c2cc(Cl)ccc2O1. The van der Waals surface area contributed by atoms with Gasteiger partial charge >= 0.3 is 6.36 Å². The highest BCUT2D eigenvalue weighted by molar-refractivity contribution is 6.30. The van der Waals surface area contributed by atoms with E-state index < -0.39 is 24.5 Å². The van der Waals surface area contributed by atoms with Crippen molar-refractivity contribution in [3.8, 4) is 5.75 Å². The number of alkyl halides is 3. The Bertz CT molecular complexity index is 1040. The van der Waals surface area contributed by atoms with Crippen molar-refractivity contribution in [1.82, 2.24) is 15.1 Å². The average molecular weight is 486 g/mol. The minimum absolute atomic E-state index is 0.0108. The zero-order valence-corrected chi connectivity index (χ0v) is 18.3. The highest BCUT2D eigenvalue weighted by Crippen LogP contribution is 2.48. The Morgan fingerprint density at radius 1 is 1.39 bits per heavy atom. The maximum Gasteiger partial charge on any atom is 0.522 e. The topological polar surface area (TPSA) is 85.6 Å². The minimum atomic E-state index is -4.61. The fourth-order valence-electron chi connectivity index (χ4n) is 3.88. The molecule has 1 saturated carbocycles. The van der Waals surface area contributed by atoms with Crippen LogP contribution < -0.4 is 10.1 Å². The van der Waals surface area contributed by atoms with Crippen LogP contribution in [0.3, 0.4) is 0 Å². The second kappa shape index (κ2) is 9.36. The van der Waals surface area contributed by atoms with Crippen molar-refractivity contribution in [2.24, 2.45) is 5.92 Å². The van der Waals surface area contributed by atoms with Crippen LogP contribution in [-0.4, -0.2) is 39.9 Å². The molecule has 11 heteroatoms. The average Bonchev–Trinajstić information content (AvgIpc) is 3.37. The first-order valence-electron chi connectivity index (χ1n) is 10.4. The molecule has 1 aliphatic carbocycles. The molecule has 0 radical (unpaired) electrons. The van der Waals surface area contributed by atoms with Gasteiger partial charge in [0.1, 0.15) is 5.75 Å². The van der Waals surface area contributed by atoms with Gasteiger partial charge in [-0.1, -0.05) is 18.2 Å². The van der Waals surface area contributed by atoms with Gasteiger partial charge in [0.2, 0.25) is 0 Å². The molecule has 0 bridgehead atoms. The van der Waals surface area contributed by atoms with Gasteiger partial charge in [0.25, 0.3) is 5.91 Å². The van der Waals surface area contributed by atoms with E-state index in [0.717, 1.165) is 5.56 Å². The number of hydrogen-bond donors (Lipinski definition) is 2. The van der Waals surface area contributed by atoms with Crippen LogP contribution in [0.5, 0.6) is 5.75 Å². The monoisotopic (exact) mass is 485 g/mol. The van der Waals surface area contributed by atoms with Crippen molar-refractivity contribution in [2.45, 2.75) is 50.3 Å². The maximum atomic E-state index is 12.6. The molecule has 1 aromatic carbocycles. The molecule has 0 spiro atoms. The molecule has 33 heavy (non-hydrogen) atoms. The van der Waals surface area contributed by atoms with Crippen molar-refractivity contribution in [1.29, 1.82) is 0 Å². The molecule has 2 heterocycles. The number of benzene rings is 1. The fraction of sp³-hybridized carbons (Fsp3) is 0.455. The van der Waals surface area contributed by atoms with Crippen molar-refractivity contribution >= 4 is 17.5 Å². The maximum absolute atomic E-state index is 12.6. The number of aliphatic hydroxyl groups is 1. The number of hydrogen-bond acceptors (Lipinski definition) is 5. The van der Waals surface area contributed by atoms with E-state index in [1.807, 2.05) is 0 Å². The molecule has 1 aromatic heterocycles. The van der Waals surface area contributed by atoms with Crippen LogP contribution in [0, 0.1) is 5.92 Å². The van der Waals surface area contributed by atoms with Crippen LogP contribution in [0.4, 0.5) is 13.2 Å². The quantitative estimate of drug-likeness (QED) is 0.588. The lowest BCUT2D eigenvalue weighted by molar-refractivity contribution is -0.326. The number of aryl methyl sites for hydroxylation is 1. The zero-order chi connectivity index (χ0) is 23.8. The summed E-state index contributed by atoms with van der Waals surface area (Å²) in [6.45, 7) is 3.95. The number of rotatable bonds is 8. The number of carbonyl (C=O) groups excluding carboxylic acids is 1. The van der Waals surface area contributed by atoms with Gasteiger partial charge in [0.05, 0.1) is 18.9 Å². The second-order valence-electron chi connectivity index (χ2n) is 8.28. The first-order valence-corrected chi connectivity index (χ1v) is 10.8. The van der Waals surface area contributed by atoms with Gasteiger partial charge in [0, 0.05) is 41.9 Å². The summed E-state index contributed by atoms with van der Waals surface area (Å²) in [6, 6.07) is 4.85. The van der Waals surface area contributed by atoms with Crippen LogP contribution in [0.2, 0.25) is 5.02 Å². The van der Waals surface area contributed by atoms with Crippen LogP contribution in [-0.2, 0) is 16.1 Å². The number of nitrogens with zero attached hydrogens (tertiary/aromatic N) is 2. The van der Waals surface area contributed by atoms with Crippen LogP contribution in [0.1, 0.15) is 42.4 Å². The van der Waals surface area contributed by atoms with Gasteiger partial charge in [-0.05, 0) is 42.0 Å². The number of aromatic nitrogens is 2. The molecule has 0 saturated heterocycles. The third-order valence-electron chi connectivity index (χ3n) is 5.74. The summed E-state index contributed by atoms with van der Waals surface area (Å²) in [5, 5.41) is 17.7. The Labute approximate surface area is 193 Å². The number of ether oxygens (including phenoxy) is 2. The molecule has 2 aliphatic rings. The summed E-state index contributed by atoms with van der Waals surface area (Å²) in [6.07, 6.45) is -1.79. The van der Waals surface area contributed by atoms with E-state index in [2.05, 4.69) is 21.7 Å². The zero-order valence-electron chi connectivity index (χ0n) is 17.5. The van der Waals surface area contributed by atoms with Crippen molar-refractivity contribution in [3.63, 3.8) is 0 Å². The lowest BCUT2D eigenvalue weighted by Gasteiger charge is -2.29. The molecule has 7 nitrogen and oxygen atoms in total. The summed E-state index contributed by atoms with van der Waals surface area (Å²) >= 11 is 5.94. The number of amides is 1. The summed E-state index contributed by atoms with van der Waals surface area (Å²) in [5.41, 5.74) is 1.87. The largest absolute Gasteiger partial charge is 0.522 e. The molecule has 1 amide bonds.